The zero-order valence-electron chi connectivity index (χ0n) is 10.9. The van der Waals surface area contributed by atoms with Crippen LogP contribution in [0.4, 0.5) is 0 Å². The van der Waals surface area contributed by atoms with E-state index >= 15 is 0 Å². The third-order valence-electron chi connectivity index (χ3n) is 2.88. The molecule has 0 aliphatic carbocycles. The van der Waals surface area contributed by atoms with Crippen LogP contribution in [0.2, 0.25) is 0 Å². The Morgan fingerprint density at radius 2 is 1.76 bits per heavy atom. The first-order chi connectivity index (χ1) is 7.65. The predicted molar refractivity (Wildman–Crippen MR) is 75.6 cm³/mol. The summed E-state index contributed by atoms with van der Waals surface area (Å²) in [5.41, 5.74) is 0.978. The highest BCUT2D eigenvalue weighted by atomic mass is 35.5. The molecule has 2 nitrogen and oxygen atoms in total. The maximum absolute atomic E-state index is 10.1. The highest BCUT2D eigenvalue weighted by Crippen LogP contribution is 2.16. The van der Waals surface area contributed by atoms with Crippen molar-refractivity contribution >= 4 is 12.4 Å². The lowest BCUT2D eigenvalue weighted by Gasteiger charge is -2.24. The molecule has 0 fully saturated rings. The minimum atomic E-state index is -0.430. The van der Waals surface area contributed by atoms with Gasteiger partial charge in [-0.25, -0.2) is 0 Å². The quantitative estimate of drug-likeness (QED) is 0.820. The van der Waals surface area contributed by atoms with Gasteiger partial charge in [-0.1, -0.05) is 43.7 Å². The van der Waals surface area contributed by atoms with E-state index in [4.69, 9.17) is 0 Å². The third kappa shape index (κ3) is 5.53. The number of hydrogen-bond acceptors (Lipinski definition) is 2. The van der Waals surface area contributed by atoms with E-state index in [9.17, 15) is 5.11 Å². The number of benzene rings is 1. The molecule has 1 rings (SSSR count). The molecule has 0 aliphatic heterocycles. The first-order valence-corrected chi connectivity index (χ1v) is 6.14. The molecule has 1 aromatic rings. The highest BCUT2D eigenvalue weighted by molar-refractivity contribution is 5.85. The average molecular weight is 258 g/mol. The van der Waals surface area contributed by atoms with Crippen LogP contribution in [0.5, 0.6) is 0 Å². The fourth-order valence-corrected chi connectivity index (χ4v) is 2.00. The maximum atomic E-state index is 10.1. The predicted octanol–water partition coefficient (Wildman–Crippen LogP) is 3.31. The van der Waals surface area contributed by atoms with Crippen LogP contribution in [-0.4, -0.2) is 17.2 Å². The number of nitrogens with one attached hydrogen (secondary N) is 1. The number of aliphatic hydroxyl groups excluding tert-OH is 1. The van der Waals surface area contributed by atoms with Gasteiger partial charge in [-0.05, 0) is 25.8 Å². The molecular formula is C14H24ClNO. The van der Waals surface area contributed by atoms with E-state index in [-0.39, 0.29) is 18.4 Å². The smallest absolute Gasteiger partial charge is 0.0940 e. The van der Waals surface area contributed by atoms with Crippen molar-refractivity contribution in [1.82, 2.24) is 5.32 Å². The van der Waals surface area contributed by atoms with Gasteiger partial charge >= 0.3 is 0 Å². The molecule has 0 spiro atoms. The summed E-state index contributed by atoms with van der Waals surface area (Å²) in [5.74, 6) is 0. The molecule has 0 aromatic heterocycles. The second-order valence-electron chi connectivity index (χ2n) is 4.50. The summed E-state index contributed by atoms with van der Waals surface area (Å²) in [4.78, 5) is 0. The van der Waals surface area contributed by atoms with Gasteiger partial charge in [0.25, 0.3) is 0 Å². The van der Waals surface area contributed by atoms with Gasteiger partial charge < -0.3 is 10.4 Å². The Bertz CT molecular complexity index is 292. The van der Waals surface area contributed by atoms with Crippen molar-refractivity contribution in [2.45, 2.75) is 51.8 Å². The minimum absolute atomic E-state index is 0. The van der Waals surface area contributed by atoms with Crippen LogP contribution < -0.4 is 5.32 Å². The maximum Gasteiger partial charge on any atom is 0.0940 e. The number of rotatable bonds is 6. The van der Waals surface area contributed by atoms with Crippen LogP contribution in [-0.2, 0) is 0 Å². The molecule has 2 N–H and O–H groups in total. The number of aliphatic hydroxyl groups is 1. The summed E-state index contributed by atoms with van der Waals surface area (Å²) in [6.07, 6.45) is 1.88. The molecule has 3 unspecified atom stereocenters. The topological polar surface area (TPSA) is 32.3 Å². The van der Waals surface area contributed by atoms with Gasteiger partial charge in [0.15, 0.2) is 0 Å². The van der Waals surface area contributed by atoms with Gasteiger partial charge in [-0.2, -0.15) is 0 Å². The first-order valence-electron chi connectivity index (χ1n) is 6.14. The largest absolute Gasteiger partial charge is 0.387 e. The Kier molecular flexibility index (Phi) is 8.23. The average Bonchev–Trinajstić information content (AvgIpc) is 2.29. The second-order valence-corrected chi connectivity index (χ2v) is 4.50. The van der Waals surface area contributed by atoms with Crippen LogP contribution in [0, 0.1) is 0 Å². The van der Waals surface area contributed by atoms with E-state index in [0.29, 0.717) is 6.04 Å². The zero-order chi connectivity index (χ0) is 12.0. The zero-order valence-corrected chi connectivity index (χ0v) is 11.7. The molecule has 1 aromatic carbocycles. The second kappa shape index (κ2) is 8.51. The molecule has 0 saturated heterocycles. The van der Waals surface area contributed by atoms with Gasteiger partial charge in [0, 0.05) is 12.1 Å². The summed E-state index contributed by atoms with van der Waals surface area (Å²) in [7, 11) is 0. The van der Waals surface area contributed by atoms with E-state index < -0.39 is 6.10 Å². The Balaban J connectivity index is 0.00000256. The molecule has 0 aliphatic rings. The van der Waals surface area contributed by atoms with Crippen LogP contribution in [0.1, 0.15) is 45.3 Å². The van der Waals surface area contributed by atoms with E-state index in [2.05, 4.69) is 19.2 Å². The fourth-order valence-electron chi connectivity index (χ4n) is 2.00. The summed E-state index contributed by atoms with van der Waals surface area (Å²) in [6, 6.07) is 10.4. The molecule has 17 heavy (non-hydrogen) atoms. The van der Waals surface area contributed by atoms with Gasteiger partial charge in [0.2, 0.25) is 0 Å². The minimum Gasteiger partial charge on any atom is -0.387 e. The van der Waals surface area contributed by atoms with Crippen LogP contribution in [0.25, 0.3) is 0 Å². The Morgan fingerprint density at radius 1 is 1.18 bits per heavy atom. The van der Waals surface area contributed by atoms with Crippen LogP contribution >= 0.6 is 12.4 Å². The molecule has 0 bridgehead atoms. The molecular weight excluding hydrogens is 234 g/mol. The van der Waals surface area contributed by atoms with E-state index in [1.807, 2.05) is 37.3 Å². The van der Waals surface area contributed by atoms with Crippen molar-refractivity contribution in [3.8, 4) is 0 Å². The lowest BCUT2D eigenvalue weighted by atomic mass is 10.0. The number of hydrogen-bond donors (Lipinski definition) is 2. The molecule has 0 heterocycles. The summed E-state index contributed by atoms with van der Waals surface area (Å²) in [6.45, 7) is 6.37. The standard InChI is InChI=1S/C14H23NO.ClH/c1-4-8-11(2)15-12(3)14(16)13-9-6-5-7-10-13;/h5-7,9-12,14-16H,4,8H2,1-3H3;1H. The molecule has 0 radical (unpaired) electrons. The summed E-state index contributed by atoms with van der Waals surface area (Å²) < 4.78 is 0. The molecule has 0 amide bonds. The van der Waals surface area contributed by atoms with Gasteiger partial charge in [-0.15, -0.1) is 12.4 Å². The van der Waals surface area contributed by atoms with Crippen molar-refractivity contribution in [3.05, 3.63) is 35.9 Å². The van der Waals surface area contributed by atoms with Crippen LogP contribution in [0.15, 0.2) is 30.3 Å². The lowest BCUT2D eigenvalue weighted by Crippen LogP contribution is -2.38. The number of halogens is 1. The van der Waals surface area contributed by atoms with Crippen molar-refractivity contribution in [2.24, 2.45) is 0 Å². The van der Waals surface area contributed by atoms with Crippen LogP contribution in [0.3, 0.4) is 0 Å². The Hall–Kier alpha value is -0.570. The fraction of sp³-hybridized carbons (Fsp3) is 0.571. The van der Waals surface area contributed by atoms with E-state index in [1.54, 1.807) is 0 Å². The normalized spacial score (nSPS) is 15.8. The summed E-state index contributed by atoms with van der Waals surface area (Å²) in [5, 5.41) is 13.6. The lowest BCUT2D eigenvalue weighted by molar-refractivity contribution is 0.129. The highest BCUT2D eigenvalue weighted by Gasteiger charge is 2.17. The van der Waals surface area contributed by atoms with E-state index in [0.717, 1.165) is 12.0 Å². The molecule has 3 heteroatoms. The molecule has 0 saturated carbocycles. The Morgan fingerprint density at radius 3 is 2.29 bits per heavy atom. The van der Waals surface area contributed by atoms with Gasteiger partial charge in [-0.3, -0.25) is 0 Å². The molecule has 3 atom stereocenters. The molecule has 98 valence electrons. The monoisotopic (exact) mass is 257 g/mol. The van der Waals surface area contributed by atoms with Gasteiger partial charge in [0.1, 0.15) is 0 Å². The van der Waals surface area contributed by atoms with Crippen molar-refractivity contribution in [1.29, 1.82) is 0 Å². The van der Waals surface area contributed by atoms with Crippen molar-refractivity contribution in [2.75, 3.05) is 0 Å². The van der Waals surface area contributed by atoms with Gasteiger partial charge in [0.05, 0.1) is 6.10 Å². The first kappa shape index (κ1) is 16.4. The van der Waals surface area contributed by atoms with E-state index in [1.165, 1.54) is 6.42 Å². The Labute approximate surface area is 111 Å². The SMILES string of the molecule is CCCC(C)NC(C)C(O)c1ccccc1.Cl. The van der Waals surface area contributed by atoms with Crippen molar-refractivity contribution < 1.29 is 5.11 Å². The summed E-state index contributed by atoms with van der Waals surface area (Å²) >= 11 is 0. The van der Waals surface area contributed by atoms with Crippen molar-refractivity contribution in [3.63, 3.8) is 0 Å². The third-order valence-corrected chi connectivity index (χ3v) is 2.88.